The maximum Gasteiger partial charge on any atom is 0.257 e. The van der Waals surface area contributed by atoms with Crippen LogP contribution in [-0.2, 0) is 4.79 Å². The number of ether oxygens (including phenoxy) is 3. The van der Waals surface area contributed by atoms with Crippen molar-refractivity contribution >= 4 is 17.5 Å². The number of hydrogen-bond acceptors (Lipinski definition) is 6. The van der Waals surface area contributed by atoms with Gasteiger partial charge in [0.2, 0.25) is 12.7 Å². The molecule has 0 spiro atoms. The first-order valence-electron chi connectivity index (χ1n) is 9.42. The lowest BCUT2D eigenvalue weighted by Crippen LogP contribution is -2.41. The van der Waals surface area contributed by atoms with E-state index in [1.54, 1.807) is 35.2 Å². The molecule has 0 aromatic heterocycles. The normalized spacial score (nSPS) is 15.8. The first-order valence-corrected chi connectivity index (χ1v) is 9.42. The molecule has 2 N–H and O–H groups in total. The third kappa shape index (κ3) is 3.91. The average Bonchev–Trinajstić information content (AvgIpc) is 3.21. The molecular weight excluding hydrogens is 376 g/mol. The van der Waals surface area contributed by atoms with Crippen molar-refractivity contribution in [1.29, 1.82) is 0 Å². The summed E-state index contributed by atoms with van der Waals surface area (Å²) in [6, 6.07) is 9.88. The van der Waals surface area contributed by atoms with Gasteiger partial charge in [-0.25, -0.2) is 0 Å². The monoisotopic (exact) mass is 398 g/mol. The van der Waals surface area contributed by atoms with Gasteiger partial charge in [0, 0.05) is 36.8 Å². The van der Waals surface area contributed by atoms with E-state index in [0.29, 0.717) is 48.9 Å². The Bertz CT molecular complexity index is 937. The van der Waals surface area contributed by atoms with Crippen LogP contribution in [-0.4, -0.2) is 48.8 Å². The molecule has 8 heteroatoms. The topological polar surface area (TPSA) is 97.3 Å². The SMILES string of the molecule is COc1ccc(C(=O)N2CCC(C(=O)Nc3ccc4c(c3)OCO4)CC2)c(O)c1. The van der Waals surface area contributed by atoms with E-state index in [4.69, 9.17) is 14.2 Å². The van der Waals surface area contributed by atoms with Crippen molar-refractivity contribution in [1.82, 2.24) is 4.90 Å². The molecule has 2 aromatic carbocycles. The summed E-state index contributed by atoms with van der Waals surface area (Å²) >= 11 is 0. The second kappa shape index (κ2) is 7.90. The molecule has 1 fully saturated rings. The molecule has 8 nitrogen and oxygen atoms in total. The highest BCUT2D eigenvalue weighted by Crippen LogP contribution is 2.34. The Kier molecular flexibility index (Phi) is 5.16. The van der Waals surface area contributed by atoms with Crippen LogP contribution in [0.25, 0.3) is 0 Å². The van der Waals surface area contributed by atoms with Crippen LogP contribution in [0.4, 0.5) is 5.69 Å². The fraction of sp³-hybridized carbons (Fsp3) is 0.333. The van der Waals surface area contributed by atoms with Crippen molar-refractivity contribution in [3.05, 3.63) is 42.0 Å². The number of phenols is 1. The second-order valence-electron chi connectivity index (χ2n) is 7.01. The molecule has 0 atom stereocenters. The molecule has 152 valence electrons. The van der Waals surface area contributed by atoms with E-state index < -0.39 is 0 Å². The molecule has 4 rings (SSSR count). The van der Waals surface area contributed by atoms with Gasteiger partial charge in [-0.15, -0.1) is 0 Å². The van der Waals surface area contributed by atoms with Crippen molar-refractivity contribution in [3.8, 4) is 23.0 Å². The molecule has 29 heavy (non-hydrogen) atoms. The van der Waals surface area contributed by atoms with Gasteiger partial charge in [0.1, 0.15) is 11.5 Å². The second-order valence-corrected chi connectivity index (χ2v) is 7.01. The molecule has 1 saturated heterocycles. The first kappa shape index (κ1) is 18.9. The lowest BCUT2D eigenvalue weighted by Gasteiger charge is -2.31. The summed E-state index contributed by atoms with van der Waals surface area (Å²) in [4.78, 5) is 27.0. The van der Waals surface area contributed by atoms with Crippen LogP contribution in [0.2, 0.25) is 0 Å². The summed E-state index contributed by atoms with van der Waals surface area (Å²) in [7, 11) is 1.50. The summed E-state index contributed by atoms with van der Waals surface area (Å²) in [6.07, 6.45) is 1.11. The quantitative estimate of drug-likeness (QED) is 0.822. The lowest BCUT2D eigenvalue weighted by molar-refractivity contribution is -0.121. The zero-order chi connectivity index (χ0) is 20.4. The Balaban J connectivity index is 1.34. The number of carbonyl (C=O) groups excluding carboxylic acids is 2. The van der Waals surface area contributed by atoms with E-state index in [2.05, 4.69) is 5.32 Å². The predicted octanol–water partition coefficient (Wildman–Crippen LogP) is 2.62. The van der Waals surface area contributed by atoms with Crippen LogP contribution in [0, 0.1) is 5.92 Å². The van der Waals surface area contributed by atoms with Crippen LogP contribution in [0.3, 0.4) is 0 Å². The fourth-order valence-electron chi connectivity index (χ4n) is 3.55. The lowest BCUT2D eigenvalue weighted by atomic mass is 9.95. The molecular formula is C21H22N2O6. The molecule has 2 aliphatic rings. The Labute approximate surface area is 168 Å². The highest BCUT2D eigenvalue weighted by atomic mass is 16.7. The van der Waals surface area contributed by atoms with Crippen LogP contribution < -0.4 is 19.5 Å². The Morgan fingerprint density at radius 3 is 2.59 bits per heavy atom. The number of nitrogens with zero attached hydrogens (tertiary/aromatic N) is 1. The van der Waals surface area contributed by atoms with E-state index in [1.807, 2.05) is 0 Å². The van der Waals surface area contributed by atoms with Gasteiger partial charge >= 0.3 is 0 Å². The van der Waals surface area contributed by atoms with E-state index in [0.717, 1.165) is 0 Å². The maximum atomic E-state index is 12.7. The number of hydrogen-bond donors (Lipinski definition) is 2. The minimum atomic E-state index is -0.250. The number of benzene rings is 2. The summed E-state index contributed by atoms with van der Waals surface area (Å²) in [5, 5.41) is 13.0. The van der Waals surface area contributed by atoms with Gasteiger partial charge in [-0.1, -0.05) is 0 Å². The van der Waals surface area contributed by atoms with Gasteiger partial charge in [0.05, 0.1) is 12.7 Å². The number of fused-ring (bicyclic) bond motifs is 1. The maximum absolute atomic E-state index is 12.7. The van der Waals surface area contributed by atoms with Crippen LogP contribution in [0.15, 0.2) is 36.4 Å². The molecule has 2 aliphatic heterocycles. The predicted molar refractivity (Wildman–Crippen MR) is 104 cm³/mol. The molecule has 0 saturated carbocycles. The first-order chi connectivity index (χ1) is 14.0. The van der Waals surface area contributed by atoms with Gasteiger partial charge in [-0.2, -0.15) is 0 Å². The fourth-order valence-corrected chi connectivity index (χ4v) is 3.55. The number of amides is 2. The van der Waals surface area contributed by atoms with Gasteiger partial charge in [0.25, 0.3) is 5.91 Å². The highest BCUT2D eigenvalue weighted by molar-refractivity contribution is 5.97. The zero-order valence-corrected chi connectivity index (χ0v) is 16.0. The number of anilines is 1. The van der Waals surface area contributed by atoms with E-state index in [1.165, 1.54) is 13.2 Å². The van der Waals surface area contributed by atoms with Crippen molar-refractivity contribution in [2.75, 3.05) is 32.3 Å². The number of aromatic hydroxyl groups is 1. The number of rotatable bonds is 4. The third-order valence-electron chi connectivity index (χ3n) is 5.23. The number of carbonyl (C=O) groups is 2. The number of piperidine rings is 1. The molecule has 0 bridgehead atoms. The molecule has 2 aromatic rings. The average molecular weight is 398 g/mol. The van der Waals surface area contributed by atoms with Gasteiger partial charge < -0.3 is 29.5 Å². The Morgan fingerprint density at radius 2 is 1.86 bits per heavy atom. The summed E-state index contributed by atoms with van der Waals surface area (Å²) in [6.45, 7) is 1.08. The van der Waals surface area contributed by atoms with Gasteiger partial charge in [-0.3, -0.25) is 9.59 Å². The number of likely N-dealkylation sites (tertiary alicyclic amines) is 1. The van der Waals surface area contributed by atoms with Gasteiger partial charge in [-0.05, 0) is 37.1 Å². The molecule has 2 heterocycles. The molecule has 2 amide bonds. The van der Waals surface area contributed by atoms with Crippen LogP contribution in [0.5, 0.6) is 23.0 Å². The van der Waals surface area contributed by atoms with Crippen molar-refractivity contribution in [3.63, 3.8) is 0 Å². The Morgan fingerprint density at radius 1 is 1.10 bits per heavy atom. The zero-order valence-electron chi connectivity index (χ0n) is 16.0. The van der Waals surface area contributed by atoms with E-state index >= 15 is 0 Å². The van der Waals surface area contributed by atoms with Crippen molar-refractivity contribution in [2.45, 2.75) is 12.8 Å². The molecule has 0 aliphatic carbocycles. The van der Waals surface area contributed by atoms with Crippen molar-refractivity contribution in [2.24, 2.45) is 5.92 Å². The standard InChI is InChI=1S/C21H22N2O6/c1-27-15-3-4-16(17(24)11-15)21(26)23-8-6-13(7-9-23)20(25)22-14-2-5-18-19(10-14)29-12-28-18/h2-5,10-11,13,24H,6-9,12H2,1H3,(H,22,25). The smallest absolute Gasteiger partial charge is 0.257 e. The minimum Gasteiger partial charge on any atom is -0.507 e. The highest BCUT2D eigenvalue weighted by Gasteiger charge is 2.29. The third-order valence-corrected chi connectivity index (χ3v) is 5.23. The van der Waals surface area contributed by atoms with Gasteiger partial charge in [0.15, 0.2) is 11.5 Å². The molecule has 0 unspecified atom stereocenters. The summed E-state index contributed by atoms with van der Waals surface area (Å²) < 4.78 is 15.6. The van der Waals surface area contributed by atoms with Crippen LogP contribution in [0.1, 0.15) is 23.2 Å². The number of phenolic OH excluding ortho intramolecular Hbond substituents is 1. The van der Waals surface area contributed by atoms with E-state index in [9.17, 15) is 14.7 Å². The summed E-state index contributed by atoms with van der Waals surface area (Å²) in [5.41, 5.74) is 0.884. The number of nitrogens with one attached hydrogen (secondary N) is 1. The van der Waals surface area contributed by atoms with Crippen molar-refractivity contribution < 1.29 is 28.9 Å². The van der Waals surface area contributed by atoms with Crippen LogP contribution >= 0.6 is 0 Å². The Hall–Kier alpha value is -3.42. The summed E-state index contributed by atoms with van der Waals surface area (Å²) in [5.74, 6) is 1.13. The largest absolute Gasteiger partial charge is 0.507 e. The minimum absolute atomic E-state index is 0.0803. The number of methoxy groups -OCH3 is 1. The molecule has 0 radical (unpaired) electrons. The van der Waals surface area contributed by atoms with E-state index in [-0.39, 0.29) is 35.8 Å².